The summed E-state index contributed by atoms with van der Waals surface area (Å²) in [6.07, 6.45) is -0.168. The molecule has 1 aromatic rings. The van der Waals surface area contributed by atoms with E-state index in [0.29, 0.717) is 19.4 Å². The Morgan fingerprint density at radius 1 is 1.52 bits per heavy atom. The van der Waals surface area contributed by atoms with Crippen molar-refractivity contribution >= 4 is 32.0 Å². The Balaban J connectivity index is 2.19. The van der Waals surface area contributed by atoms with Crippen molar-refractivity contribution in [2.75, 3.05) is 19.6 Å². The van der Waals surface area contributed by atoms with E-state index in [0.717, 1.165) is 10.0 Å². The second kappa shape index (κ2) is 7.61. The Bertz CT molecular complexity index is 667. The average molecular weight is 407 g/mol. The quantitative estimate of drug-likeness (QED) is 0.748. The Hall–Kier alpha value is -1.16. The van der Waals surface area contributed by atoms with E-state index in [2.05, 4.69) is 25.4 Å². The number of ether oxygens (including phenoxy) is 1. The number of methoxy groups -OCH3 is 1. The van der Waals surface area contributed by atoms with Gasteiger partial charge in [0.2, 0.25) is 10.0 Å². The number of nitrogens with one attached hydrogen (secondary N) is 1. The molecule has 1 saturated heterocycles. The van der Waals surface area contributed by atoms with Crippen molar-refractivity contribution in [2.24, 2.45) is 0 Å². The number of sulfonamides is 1. The summed E-state index contributed by atoms with van der Waals surface area (Å²) in [6.45, 7) is 0.300. The van der Waals surface area contributed by atoms with Gasteiger partial charge < -0.3 is 14.7 Å². The molecule has 0 radical (unpaired) electrons. The molecule has 2 atom stereocenters. The average Bonchev–Trinajstić information content (AvgIpc) is 2.81. The molecule has 2 rings (SSSR count). The number of hydrogen-bond donors (Lipinski definition) is 2. The van der Waals surface area contributed by atoms with Crippen molar-refractivity contribution in [1.82, 2.24) is 9.62 Å². The minimum atomic E-state index is -3.60. The van der Waals surface area contributed by atoms with Crippen molar-refractivity contribution in [3.8, 4) is 0 Å². The van der Waals surface area contributed by atoms with Crippen LogP contribution in [0, 0.1) is 0 Å². The van der Waals surface area contributed by atoms with Crippen LogP contribution in [0.1, 0.15) is 12.0 Å². The van der Waals surface area contributed by atoms with Gasteiger partial charge in [-0.3, -0.25) is 0 Å². The van der Waals surface area contributed by atoms with Gasteiger partial charge in [-0.25, -0.2) is 17.9 Å². The predicted molar refractivity (Wildman–Crippen MR) is 88.7 cm³/mol. The summed E-state index contributed by atoms with van der Waals surface area (Å²) in [7, 11) is -2.30. The number of amides is 1. The van der Waals surface area contributed by atoms with Gasteiger partial charge in [0.1, 0.15) is 0 Å². The molecule has 23 heavy (non-hydrogen) atoms. The van der Waals surface area contributed by atoms with Crippen LogP contribution in [0.5, 0.6) is 0 Å². The van der Waals surface area contributed by atoms with Crippen molar-refractivity contribution in [3.63, 3.8) is 0 Å². The van der Waals surface area contributed by atoms with Crippen molar-refractivity contribution in [3.05, 3.63) is 34.3 Å². The lowest BCUT2D eigenvalue weighted by Gasteiger charge is -2.26. The number of rotatable bonds is 6. The largest absolute Gasteiger partial charge is 0.465 e. The van der Waals surface area contributed by atoms with E-state index in [9.17, 15) is 18.3 Å². The highest BCUT2D eigenvalue weighted by atomic mass is 79.9. The fourth-order valence-electron chi connectivity index (χ4n) is 2.81. The summed E-state index contributed by atoms with van der Waals surface area (Å²) >= 11 is 3.38. The molecule has 1 aliphatic rings. The zero-order valence-electron chi connectivity index (χ0n) is 12.6. The maximum atomic E-state index is 11.9. The first kappa shape index (κ1) is 18.2. The van der Waals surface area contributed by atoms with Gasteiger partial charge in [-0.05, 0) is 30.5 Å². The van der Waals surface area contributed by atoms with Crippen molar-refractivity contribution < 1.29 is 23.1 Å². The normalized spacial score (nSPS) is 21.6. The molecule has 7 nitrogen and oxygen atoms in total. The van der Waals surface area contributed by atoms with Crippen LogP contribution < -0.4 is 4.72 Å². The fourth-order valence-corrected chi connectivity index (χ4v) is 4.37. The van der Waals surface area contributed by atoms with Gasteiger partial charge >= 0.3 is 6.09 Å². The smallest absolute Gasteiger partial charge is 0.407 e. The molecule has 0 bridgehead atoms. The number of benzene rings is 1. The summed E-state index contributed by atoms with van der Waals surface area (Å²) in [5, 5.41) is 9.35. The highest BCUT2D eigenvalue weighted by Crippen LogP contribution is 2.24. The first-order chi connectivity index (χ1) is 10.8. The molecule has 1 fully saturated rings. The van der Waals surface area contributed by atoms with Gasteiger partial charge in [0, 0.05) is 24.2 Å². The molecule has 128 valence electrons. The van der Waals surface area contributed by atoms with Crippen LogP contribution in [0.4, 0.5) is 4.79 Å². The van der Waals surface area contributed by atoms with E-state index >= 15 is 0 Å². The van der Waals surface area contributed by atoms with E-state index in [4.69, 9.17) is 0 Å². The minimum Gasteiger partial charge on any atom is -0.465 e. The van der Waals surface area contributed by atoms with Gasteiger partial charge in [-0.15, -0.1) is 0 Å². The standard InChI is InChI=1S/C14H19BrN2O5S/c1-22-9-23(20,21)16-12-5-6-17(14(18)19)13(12)8-10-3-2-4-11(15)7-10/h2-4,7,12-13,16H,5-6,8-9H2,1H3,(H,18,19)/t12-,13-/m0/s1. The predicted octanol–water partition coefficient (Wildman–Crippen LogP) is 1.64. The maximum Gasteiger partial charge on any atom is 0.407 e. The van der Waals surface area contributed by atoms with E-state index < -0.39 is 34.1 Å². The third kappa shape index (κ3) is 4.90. The topological polar surface area (TPSA) is 95.9 Å². The van der Waals surface area contributed by atoms with Crippen molar-refractivity contribution in [2.45, 2.75) is 24.9 Å². The number of halogens is 1. The number of carbonyl (C=O) groups is 1. The summed E-state index contributed by atoms with van der Waals surface area (Å²) in [5.74, 6) is -0.444. The fraction of sp³-hybridized carbons (Fsp3) is 0.500. The minimum absolute atomic E-state index is 0.300. The monoisotopic (exact) mass is 406 g/mol. The third-order valence-corrected chi connectivity index (χ3v) is 5.43. The molecule has 0 aliphatic carbocycles. The van der Waals surface area contributed by atoms with E-state index in [-0.39, 0.29) is 0 Å². The lowest BCUT2D eigenvalue weighted by Crippen LogP contribution is -2.48. The first-order valence-corrected chi connectivity index (χ1v) is 9.50. The van der Waals surface area contributed by atoms with Crippen LogP contribution in [-0.4, -0.2) is 56.2 Å². The molecule has 2 N–H and O–H groups in total. The summed E-state index contributed by atoms with van der Waals surface area (Å²) in [5.41, 5.74) is 0.938. The second-order valence-corrected chi connectivity index (χ2v) is 8.03. The third-order valence-electron chi connectivity index (χ3n) is 3.73. The zero-order valence-corrected chi connectivity index (χ0v) is 15.0. The molecule has 9 heteroatoms. The Labute approximate surface area is 143 Å². The molecule has 1 heterocycles. The molecule has 1 aromatic carbocycles. The SMILES string of the molecule is COCS(=O)(=O)N[C@H]1CCN(C(=O)O)[C@H]1Cc1cccc(Br)c1. The molecular weight excluding hydrogens is 388 g/mol. The van der Waals surface area contributed by atoms with Crippen LogP contribution in [-0.2, 0) is 21.2 Å². The van der Waals surface area contributed by atoms with Crippen LogP contribution in [0.3, 0.4) is 0 Å². The highest BCUT2D eigenvalue weighted by molar-refractivity contribution is 9.10. The van der Waals surface area contributed by atoms with Gasteiger partial charge in [-0.1, -0.05) is 28.1 Å². The van der Waals surface area contributed by atoms with Crippen LogP contribution in [0.25, 0.3) is 0 Å². The van der Waals surface area contributed by atoms with Crippen molar-refractivity contribution in [1.29, 1.82) is 0 Å². The maximum absolute atomic E-state index is 11.9. The summed E-state index contributed by atoms with van der Waals surface area (Å²) < 4.78 is 31.9. The molecule has 1 aliphatic heterocycles. The molecule has 0 saturated carbocycles. The van der Waals surface area contributed by atoms with Crippen LogP contribution >= 0.6 is 15.9 Å². The molecule has 0 aromatic heterocycles. The van der Waals surface area contributed by atoms with E-state index in [1.54, 1.807) is 0 Å². The van der Waals surface area contributed by atoms with Gasteiger partial charge in [0.15, 0.2) is 5.94 Å². The van der Waals surface area contributed by atoms with Gasteiger partial charge in [0.25, 0.3) is 0 Å². The Kier molecular flexibility index (Phi) is 6.01. The molecule has 1 amide bonds. The van der Waals surface area contributed by atoms with Gasteiger partial charge in [0.05, 0.1) is 6.04 Å². The summed E-state index contributed by atoms with van der Waals surface area (Å²) in [4.78, 5) is 12.7. The lowest BCUT2D eigenvalue weighted by molar-refractivity contribution is 0.137. The number of hydrogen-bond acceptors (Lipinski definition) is 4. The molecule has 0 unspecified atom stereocenters. The zero-order chi connectivity index (χ0) is 17.0. The molecule has 0 spiro atoms. The lowest BCUT2D eigenvalue weighted by atomic mass is 10.0. The Morgan fingerprint density at radius 2 is 2.26 bits per heavy atom. The highest BCUT2D eigenvalue weighted by Gasteiger charge is 2.39. The van der Waals surface area contributed by atoms with Gasteiger partial charge in [-0.2, -0.15) is 0 Å². The van der Waals surface area contributed by atoms with Crippen LogP contribution in [0.15, 0.2) is 28.7 Å². The number of carboxylic acid groups (broad SMARTS) is 1. The summed E-state index contributed by atoms with van der Waals surface area (Å²) in [6, 6.07) is 6.62. The second-order valence-electron chi connectivity index (χ2n) is 5.41. The Morgan fingerprint density at radius 3 is 2.87 bits per heavy atom. The first-order valence-electron chi connectivity index (χ1n) is 7.05. The number of likely N-dealkylation sites (tertiary alicyclic amines) is 1. The molecular formula is C14H19BrN2O5S. The van der Waals surface area contributed by atoms with Crippen LogP contribution in [0.2, 0.25) is 0 Å². The van der Waals surface area contributed by atoms with E-state index in [1.807, 2.05) is 24.3 Å². The van der Waals surface area contributed by atoms with E-state index in [1.165, 1.54) is 12.0 Å². The number of nitrogens with zero attached hydrogens (tertiary/aromatic N) is 1.